The van der Waals surface area contributed by atoms with Crippen molar-refractivity contribution in [3.05, 3.63) is 55.1 Å². The summed E-state index contributed by atoms with van der Waals surface area (Å²) in [5.41, 5.74) is 3.24. The fourth-order valence-corrected chi connectivity index (χ4v) is 3.64. The standard InChI is InChI=1S/C14H13Br3N2/c1-8(11-4-3-10(15)7-12(11)16)18-13-5-6-14(17)19-9(13)2/h3-8,18H,1-2H3. The number of rotatable bonds is 3. The van der Waals surface area contributed by atoms with Crippen molar-refractivity contribution in [1.29, 1.82) is 0 Å². The molecule has 0 amide bonds. The average molecular weight is 449 g/mol. The van der Waals surface area contributed by atoms with E-state index in [0.29, 0.717) is 0 Å². The van der Waals surface area contributed by atoms with Gasteiger partial charge in [-0.2, -0.15) is 0 Å². The first kappa shape index (κ1) is 15.0. The van der Waals surface area contributed by atoms with Gasteiger partial charge in [0, 0.05) is 15.0 Å². The third-order valence-corrected chi connectivity index (χ3v) is 4.47. The number of aromatic nitrogens is 1. The second kappa shape index (κ2) is 6.37. The first-order valence-corrected chi connectivity index (χ1v) is 8.20. The Bertz CT molecular complexity index is 599. The number of pyridine rings is 1. The van der Waals surface area contributed by atoms with Crippen LogP contribution in [0.15, 0.2) is 43.9 Å². The monoisotopic (exact) mass is 446 g/mol. The van der Waals surface area contributed by atoms with Crippen LogP contribution in [0.1, 0.15) is 24.2 Å². The van der Waals surface area contributed by atoms with Gasteiger partial charge in [-0.15, -0.1) is 0 Å². The van der Waals surface area contributed by atoms with Crippen LogP contribution in [0, 0.1) is 6.92 Å². The number of hydrogen-bond donors (Lipinski definition) is 1. The lowest BCUT2D eigenvalue weighted by atomic mass is 10.1. The molecule has 0 spiro atoms. The molecule has 0 saturated heterocycles. The quantitative estimate of drug-likeness (QED) is 0.595. The van der Waals surface area contributed by atoms with Gasteiger partial charge in [0.15, 0.2) is 0 Å². The Kier molecular flexibility index (Phi) is 5.03. The molecule has 1 aromatic carbocycles. The van der Waals surface area contributed by atoms with Crippen LogP contribution in [-0.4, -0.2) is 4.98 Å². The van der Waals surface area contributed by atoms with Crippen LogP contribution in [0.5, 0.6) is 0 Å². The van der Waals surface area contributed by atoms with Gasteiger partial charge < -0.3 is 5.32 Å². The molecule has 1 unspecified atom stereocenters. The van der Waals surface area contributed by atoms with Gasteiger partial charge >= 0.3 is 0 Å². The van der Waals surface area contributed by atoms with E-state index < -0.39 is 0 Å². The highest BCUT2D eigenvalue weighted by atomic mass is 79.9. The van der Waals surface area contributed by atoms with E-state index in [2.05, 4.69) is 77.1 Å². The lowest BCUT2D eigenvalue weighted by Crippen LogP contribution is -2.09. The summed E-state index contributed by atoms with van der Waals surface area (Å²) < 4.78 is 3.01. The van der Waals surface area contributed by atoms with E-state index in [-0.39, 0.29) is 6.04 Å². The Hall–Kier alpha value is -0.390. The van der Waals surface area contributed by atoms with Gasteiger partial charge in [0.2, 0.25) is 0 Å². The Morgan fingerprint density at radius 3 is 2.47 bits per heavy atom. The molecule has 2 nitrogen and oxygen atoms in total. The molecule has 2 aromatic rings. The topological polar surface area (TPSA) is 24.9 Å². The number of benzene rings is 1. The first-order valence-electron chi connectivity index (χ1n) is 5.82. The number of aryl methyl sites for hydroxylation is 1. The zero-order valence-corrected chi connectivity index (χ0v) is 15.3. The second-order valence-electron chi connectivity index (χ2n) is 4.30. The van der Waals surface area contributed by atoms with Crippen LogP contribution in [0.25, 0.3) is 0 Å². The number of anilines is 1. The van der Waals surface area contributed by atoms with Crippen LogP contribution < -0.4 is 5.32 Å². The SMILES string of the molecule is Cc1nc(Br)ccc1NC(C)c1ccc(Br)cc1Br. The van der Waals surface area contributed by atoms with Crippen LogP contribution in [-0.2, 0) is 0 Å². The van der Waals surface area contributed by atoms with E-state index in [9.17, 15) is 0 Å². The van der Waals surface area contributed by atoms with Gasteiger partial charge in [-0.05, 0) is 59.6 Å². The average Bonchev–Trinajstić information content (AvgIpc) is 2.32. The Labute approximate surface area is 138 Å². The van der Waals surface area contributed by atoms with Crippen molar-refractivity contribution in [2.24, 2.45) is 0 Å². The molecule has 5 heteroatoms. The summed E-state index contributed by atoms with van der Waals surface area (Å²) in [6.45, 7) is 4.13. The molecule has 0 aliphatic heterocycles. The third-order valence-electron chi connectivity index (χ3n) is 2.85. The molecule has 0 saturated carbocycles. The maximum atomic E-state index is 4.39. The predicted octanol–water partition coefficient (Wildman–Crippen LogP) is 5.85. The minimum absolute atomic E-state index is 0.198. The van der Waals surface area contributed by atoms with Gasteiger partial charge in [0.1, 0.15) is 4.60 Å². The van der Waals surface area contributed by atoms with Crippen molar-refractivity contribution >= 4 is 53.5 Å². The highest BCUT2D eigenvalue weighted by Gasteiger charge is 2.11. The zero-order chi connectivity index (χ0) is 14.0. The molecule has 0 radical (unpaired) electrons. The van der Waals surface area contributed by atoms with Gasteiger partial charge in [-0.3, -0.25) is 0 Å². The van der Waals surface area contributed by atoms with Crippen molar-refractivity contribution in [2.75, 3.05) is 5.32 Å². The summed E-state index contributed by atoms with van der Waals surface area (Å²) in [4.78, 5) is 4.39. The number of nitrogens with one attached hydrogen (secondary N) is 1. The van der Waals surface area contributed by atoms with Crippen molar-refractivity contribution in [1.82, 2.24) is 4.98 Å². The summed E-state index contributed by atoms with van der Waals surface area (Å²) in [7, 11) is 0. The molecule has 19 heavy (non-hydrogen) atoms. The minimum Gasteiger partial charge on any atom is -0.377 e. The minimum atomic E-state index is 0.198. The maximum absolute atomic E-state index is 4.39. The van der Waals surface area contributed by atoms with Crippen molar-refractivity contribution < 1.29 is 0 Å². The lowest BCUT2D eigenvalue weighted by molar-refractivity contribution is 0.872. The van der Waals surface area contributed by atoms with Crippen LogP contribution >= 0.6 is 47.8 Å². The van der Waals surface area contributed by atoms with E-state index in [0.717, 1.165) is 24.9 Å². The summed E-state index contributed by atoms with van der Waals surface area (Å²) >= 11 is 10.4. The summed E-state index contributed by atoms with van der Waals surface area (Å²) in [5, 5.41) is 3.49. The highest BCUT2D eigenvalue weighted by molar-refractivity contribution is 9.11. The van der Waals surface area contributed by atoms with Gasteiger partial charge in [-0.1, -0.05) is 37.9 Å². The number of halogens is 3. The summed E-state index contributed by atoms with van der Waals surface area (Å²) in [5.74, 6) is 0. The van der Waals surface area contributed by atoms with Crippen molar-refractivity contribution in [3.8, 4) is 0 Å². The third kappa shape index (κ3) is 3.80. The molecule has 100 valence electrons. The first-order chi connectivity index (χ1) is 8.97. The molecule has 2 rings (SSSR count). The number of nitrogens with zero attached hydrogens (tertiary/aromatic N) is 1. The van der Waals surface area contributed by atoms with Crippen LogP contribution in [0.4, 0.5) is 5.69 Å². The van der Waals surface area contributed by atoms with Crippen molar-refractivity contribution in [2.45, 2.75) is 19.9 Å². The number of hydrogen-bond acceptors (Lipinski definition) is 2. The molecule has 0 aliphatic rings. The van der Waals surface area contributed by atoms with E-state index in [1.54, 1.807) is 0 Å². The molecular weight excluding hydrogens is 436 g/mol. The predicted molar refractivity (Wildman–Crippen MR) is 90.6 cm³/mol. The summed E-state index contributed by atoms with van der Waals surface area (Å²) in [6, 6.07) is 10.4. The Morgan fingerprint density at radius 1 is 1.11 bits per heavy atom. The largest absolute Gasteiger partial charge is 0.377 e. The van der Waals surface area contributed by atoms with E-state index >= 15 is 0 Å². The molecular formula is C14H13Br3N2. The van der Waals surface area contributed by atoms with Gasteiger partial charge in [-0.25, -0.2) is 4.98 Å². The fraction of sp³-hybridized carbons (Fsp3) is 0.214. The molecule has 1 heterocycles. The van der Waals surface area contributed by atoms with E-state index in [1.807, 2.05) is 25.1 Å². The van der Waals surface area contributed by atoms with Crippen LogP contribution in [0.3, 0.4) is 0 Å². The second-order valence-corrected chi connectivity index (χ2v) is 6.88. The summed E-state index contributed by atoms with van der Waals surface area (Å²) in [6.07, 6.45) is 0. The smallest absolute Gasteiger partial charge is 0.106 e. The maximum Gasteiger partial charge on any atom is 0.106 e. The molecule has 1 atom stereocenters. The van der Waals surface area contributed by atoms with Gasteiger partial charge in [0.25, 0.3) is 0 Å². The molecule has 1 aromatic heterocycles. The molecule has 0 aliphatic carbocycles. The zero-order valence-electron chi connectivity index (χ0n) is 10.5. The fourth-order valence-electron chi connectivity index (χ4n) is 1.85. The molecule has 0 fully saturated rings. The van der Waals surface area contributed by atoms with E-state index in [1.165, 1.54) is 5.56 Å². The Morgan fingerprint density at radius 2 is 1.84 bits per heavy atom. The normalized spacial score (nSPS) is 12.3. The van der Waals surface area contributed by atoms with Gasteiger partial charge in [0.05, 0.1) is 11.4 Å². The molecule has 1 N–H and O–H groups in total. The molecule has 0 bridgehead atoms. The highest BCUT2D eigenvalue weighted by Crippen LogP contribution is 2.29. The van der Waals surface area contributed by atoms with Crippen molar-refractivity contribution in [3.63, 3.8) is 0 Å². The van der Waals surface area contributed by atoms with Crippen LogP contribution in [0.2, 0.25) is 0 Å². The lowest BCUT2D eigenvalue weighted by Gasteiger charge is -2.18. The Balaban J connectivity index is 2.23. The van der Waals surface area contributed by atoms with E-state index in [4.69, 9.17) is 0 Å².